The molecule has 4 nitrogen and oxygen atoms in total. The first-order valence-electron chi connectivity index (χ1n) is 7.92. The molecule has 24 heavy (non-hydrogen) atoms. The molecule has 0 unspecified atom stereocenters. The second-order valence-electron chi connectivity index (χ2n) is 6.15. The maximum absolute atomic E-state index is 4.89. The Morgan fingerprint density at radius 3 is 1.54 bits per heavy atom. The van der Waals surface area contributed by atoms with E-state index < -0.39 is 0 Å². The second-order valence-corrected chi connectivity index (χ2v) is 6.15. The van der Waals surface area contributed by atoms with Crippen molar-refractivity contribution in [1.82, 2.24) is 19.9 Å². The molecule has 3 aromatic heterocycles. The van der Waals surface area contributed by atoms with Crippen LogP contribution in [-0.2, 0) is 0 Å². The molecular formula is C20H14N4. The number of aromatic nitrogens is 4. The van der Waals surface area contributed by atoms with Crippen LogP contribution in [0.2, 0.25) is 0 Å². The van der Waals surface area contributed by atoms with Crippen molar-refractivity contribution in [3.8, 4) is 0 Å². The van der Waals surface area contributed by atoms with E-state index in [-0.39, 0.29) is 0 Å². The standard InChI is InChI=1S/C20H14N4/c1-11-9-15-16(10-12(11)2)24-20-18-14(6-4-8-22-18)13-5-3-7-21-17(13)19(20)23-15/h3-10H,1-2H3. The summed E-state index contributed by atoms with van der Waals surface area (Å²) >= 11 is 0. The minimum atomic E-state index is 0.813. The van der Waals surface area contributed by atoms with Crippen molar-refractivity contribution in [2.45, 2.75) is 13.8 Å². The molecule has 0 spiro atoms. The summed E-state index contributed by atoms with van der Waals surface area (Å²) in [7, 11) is 0. The van der Waals surface area contributed by atoms with Gasteiger partial charge in [-0.2, -0.15) is 0 Å². The van der Waals surface area contributed by atoms with Gasteiger partial charge in [-0.15, -0.1) is 0 Å². The van der Waals surface area contributed by atoms with Crippen LogP contribution in [0.25, 0.3) is 43.9 Å². The van der Waals surface area contributed by atoms with Crippen LogP contribution in [0, 0.1) is 13.8 Å². The van der Waals surface area contributed by atoms with Crippen LogP contribution in [0.5, 0.6) is 0 Å². The first-order chi connectivity index (χ1) is 11.7. The van der Waals surface area contributed by atoms with E-state index in [1.165, 1.54) is 11.1 Å². The molecule has 3 heterocycles. The average molecular weight is 310 g/mol. The monoisotopic (exact) mass is 310 g/mol. The Kier molecular flexibility index (Phi) is 2.59. The molecule has 0 amide bonds. The topological polar surface area (TPSA) is 51.6 Å². The highest BCUT2D eigenvalue weighted by Crippen LogP contribution is 2.32. The Balaban J connectivity index is 2.11. The van der Waals surface area contributed by atoms with Crippen LogP contribution in [0.15, 0.2) is 48.8 Å². The summed E-state index contributed by atoms with van der Waals surface area (Å²) < 4.78 is 0. The van der Waals surface area contributed by atoms with E-state index in [0.717, 1.165) is 43.9 Å². The van der Waals surface area contributed by atoms with Gasteiger partial charge >= 0.3 is 0 Å². The molecule has 2 aromatic carbocycles. The lowest BCUT2D eigenvalue weighted by Gasteiger charge is -2.09. The van der Waals surface area contributed by atoms with Gasteiger partial charge in [0, 0.05) is 23.2 Å². The van der Waals surface area contributed by atoms with Gasteiger partial charge in [0.2, 0.25) is 0 Å². The number of nitrogens with zero attached hydrogens (tertiary/aromatic N) is 4. The molecule has 0 atom stereocenters. The van der Waals surface area contributed by atoms with Gasteiger partial charge in [0.1, 0.15) is 11.0 Å². The third kappa shape index (κ3) is 1.74. The summed E-state index contributed by atoms with van der Waals surface area (Å²) in [4.78, 5) is 18.9. The zero-order chi connectivity index (χ0) is 16.3. The fourth-order valence-electron chi connectivity index (χ4n) is 3.26. The Morgan fingerprint density at radius 2 is 1.08 bits per heavy atom. The van der Waals surface area contributed by atoms with Crippen LogP contribution in [-0.4, -0.2) is 19.9 Å². The smallest absolute Gasteiger partial charge is 0.118 e. The lowest BCUT2D eigenvalue weighted by atomic mass is 10.1. The summed E-state index contributed by atoms with van der Waals surface area (Å²) in [6.07, 6.45) is 3.60. The van der Waals surface area contributed by atoms with Crippen molar-refractivity contribution in [2.24, 2.45) is 0 Å². The summed E-state index contributed by atoms with van der Waals surface area (Å²) in [5, 5.41) is 2.12. The van der Waals surface area contributed by atoms with Gasteiger partial charge in [0.05, 0.1) is 22.1 Å². The number of benzene rings is 2. The van der Waals surface area contributed by atoms with Gasteiger partial charge in [-0.05, 0) is 49.2 Å². The minimum Gasteiger partial charge on any atom is -0.254 e. The van der Waals surface area contributed by atoms with E-state index in [0.29, 0.717) is 0 Å². The van der Waals surface area contributed by atoms with Gasteiger partial charge < -0.3 is 0 Å². The molecular weight excluding hydrogens is 296 g/mol. The van der Waals surface area contributed by atoms with Crippen molar-refractivity contribution in [2.75, 3.05) is 0 Å². The molecule has 5 rings (SSSR count). The van der Waals surface area contributed by atoms with E-state index in [2.05, 4.69) is 48.1 Å². The number of hydrogen-bond donors (Lipinski definition) is 0. The zero-order valence-corrected chi connectivity index (χ0v) is 13.4. The number of rotatable bonds is 0. The van der Waals surface area contributed by atoms with E-state index >= 15 is 0 Å². The van der Waals surface area contributed by atoms with E-state index in [4.69, 9.17) is 9.97 Å². The van der Waals surface area contributed by atoms with Crippen LogP contribution in [0.3, 0.4) is 0 Å². The molecule has 0 saturated carbocycles. The highest BCUT2D eigenvalue weighted by atomic mass is 14.9. The molecule has 114 valence electrons. The van der Waals surface area contributed by atoms with Crippen molar-refractivity contribution < 1.29 is 0 Å². The fourth-order valence-corrected chi connectivity index (χ4v) is 3.26. The molecule has 0 aliphatic rings. The predicted molar refractivity (Wildman–Crippen MR) is 97.1 cm³/mol. The lowest BCUT2D eigenvalue weighted by Crippen LogP contribution is -1.95. The molecule has 0 N–H and O–H groups in total. The molecule has 0 saturated heterocycles. The summed E-state index contributed by atoms with van der Waals surface area (Å²) in [5.41, 5.74) is 7.60. The van der Waals surface area contributed by atoms with Gasteiger partial charge in [-0.3, -0.25) is 9.97 Å². The third-order valence-corrected chi connectivity index (χ3v) is 4.63. The molecule has 0 aliphatic heterocycles. The minimum absolute atomic E-state index is 0.813. The second kappa shape index (κ2) is 4.68. The van der Waals surface area contributed by atoms with Crippen LogP contribution >= 0.6 is 0 Å². The molecule has 4 heteroatoms. The molecule has 0 aliphatic carbocycles. The van der Waals surface area contributed by atoms with Gasteiger partial charge in [0.15, 0.2) is 0 Å². The first-order valence-corrected chi connectivity index (χ1v) is 7.92. The Bertz CT molecular complexity index is 1180. The van der Waals surface area contributed by atoms with E-state index in [1.807, 2.05) is 12.1 Å². The predicted octanol–water partition coefficient (Wildman–Crippen LogP) is 4.50. The zero-order valence-electron chi connectivity index (χ0n) is 13.4. The molecule has 0 radical (unpaired) electrons. The van der Waals surface area contributed by atoms with E-state index in [1.54, 1.807) is 12.4 Å². The van der Waals surface area contributed by atoms with Crippen LogP contribution in [0.1, 0.15) is 11.1 Å². The first kappa shape index (κ1) is 13.3. The highest BCUT2D eigenvalue weighted by molar-refractivity contribution is 6.21. The summed E-state index contributed by atoms with van der Waals surface area (Å²) in [5.74, 6) is 0. The number of pyridine rings is 2. The van der Waals surface area contributed by atoms with Crippen molar-refractivity contribution in [1.29, 1.82) is 0 Å². The van der Waals surface area contributed by atoms with E-state index in [9.17, 15) is 0 Å². The maximum atomic E-state index is 4.89. The number of aryl methyl sites for hydroxylation is 2. The maximum Gasteiger partial charge on any atom is 0.118 e. The van der Waals surface area contributed by atoms with Crippen LogP contribution in [0.4, 0.5) is 0 Å². The lowest BCUT2D eigenvalue weighted by molar-refractivity contribution is 1.31. The highest BCUT2D eigenvalue weighted by Gasteiger charge is 2.14. The van der Waals surface area contributed by atoms with Crippen molar-refractivity contribution >= 4 is 43.9 Å². The van der Waals surface area contributed by atoms with Crippen molar-refractivity contribution in [3.63, 3.8) is 0 Å². The van der Waals surface area contributed by atoms with Crippen LogP contribution < -0.4 is 0 Å². The van der Waals surface area contributed by atoms with Crippen molar-refractivity contribution in [3.05, 3.63) is 59.9 Å². The fraction of sp³-hybridized carbons (Fsp3) is 0.100. The van der Waals surface area contributed by atoms with Gasteiger partial charge in [-0.25, -0.2) is 9.97 Å². The summed E-state index contributed by atoms with van der Waals surface area (Å²) in [6.45, 7) is 4.19. The quantitative estimate of drug-likeness (QED) is 0.312. The normalized spacial score (nSPS) is 11.8. The Morgan fingerprint density at radius 1 is 0.625 bits per heavy atom. The molecule has 0 fully saturated rings. The third-order valence-electron chi connectivity index (χ3n) is 4.63. The Labute approximate surface area is 138 Å². The van der Waals surface area contributed by atoms with Gasteiger partial charge in [0.25, 0.3) is 0 Å². The molecule has 5 aromatic rings. The SMILES string of the molecule is Cc1cc2nc3c4ncccc4c4cccnc4c3nc2cc1C. The number of fused-ring (bicyclic) bond motifs is 7. The Hall–Kier alpha value is -3.14. The average Bonchev–Trinajstić information content (AvgIpc) is 2.62. The summed E-state index contributed by atoms with van der Waals surface area (Å²) in [6, 6.07) is 12.2. The number of hydrogen-bond acceptors (Lipinski definition) is 4. The van der Waals surface area contributed by atoms with Gasteiger partial charge in [-0.1, -0.05) is 12.1 Å². The molecule has 0 bridgehead atoms. The largest absolute Gasteiger partial charge is 0.254 e.